The lowest BCUT2D eigenvalue weighted by atomic mass is 10.4. The second-order valence-corrected chi connectivity index (χ2v) is 7.47. The molecule has 0 amide bonds. The van der Waals surface area contributed by atoms with Gasteiger partial charge in [-0.15, -0.1) is 0 Å². The van der Waals surface area contributed by atoms with Gasteiger partial charge < -0.3 is 21.3 Å². The van der Waals surface area contributed by atoms with Gasteiger partial charge in [-0.2, -0.15) is 0 Å². The maximum absolute atomic E-state index is 3.48. The summed E-state index contributed by atoms with van der Waals surface area (Å²) < 4.78 is 0. The van der Waals surface area contributed by atoms with E-state index in [1.54, 1.807) is 0 Å². The smallest absolute Gasteiger partial charge is 0.00490 e. The van der Waals surface area contributed by atoms with Crippen LogP contribution in [0.5, 0.6) is 0 Å². The minimum atomic E-state index is 1.11. The van der Waals surface area contributed by atoms with Gasteiger partial charge in [0, 0.05) is 11.5 Å². The summed E-state index contributed by atoms with van der Waals surface area (Å²) in [6.07, 6.45) is 5.00. The first-order valence-electron chi connectivity index (χ1n) is 7.87. The van der Waals surface area contributed by atoms with Crippen molar-refractivity contribution in [2.24, 2.45) is 0 Å². The predicted molar refractivity (Wildman–Crippen MR) is 97.0 cm³/mol. The summed E-state index contributed by atoms with van der Waals surface area (Å²) in [5, 5.41) is 13.3. The van der Waals surface area contributed by atoms with Crippen molar-refractivity contribution in [3.63, 3.8) is 0 Å². The molecule has 0 atom stereocenters. The minimum absolute atomic E-state index is 1.11. The largest absolute Gasteiger partial charge is 0.320 e. The fraction of sp³-hybridized carbons (Fsp3) is 1.00. The van der Waals surface area contributed by atoms with Crippen LogP contribution in [-0.2, 0) is 0 Å². The van der Waals surface area contributed by atoms with Gasteiger partial charge >= 0.3 is 0 Å². The van der Waals surface area contributed by atoms with Crippen molar-refractivity contribution in [2.45, 2.75) is 25.7 Å². The van der Waals surface area contributed by atoms with Gasteiger partial charge in [0.15, 0.2) is 0 Å². The van der Waals surface area contributed by atoms with E-state index >= 15 is 0 Å². The van der Waals surface area contributed by atoms with Gasteiger partial charge in [-0.3, -0.25) is 0 Å². The zero-order valence-corrected chi connectivity index (χ0v) is 14.9. The maximum atomic E-state index is 3.48. The Morgan fingerprint density at radius 1 is 0.550 bits per heavy atom. The fourth-order valence-electron chi connectivity index (χ4n) is 1.66. The molecule has 0 saturated heterocycles. The predicted octanol–water partition coefficient (Wildman–Crippen LogP) is 1.55. The second-order valence-electron chi connectivity index (χ2n) is 4.77. The number of rotatable bonds is 17. The van der Waals surface area contributed by atoms with Crippen molar-refractivity contribution in [2.75, 3.05) is 64.9 Å². The molecule has 0 aromatic carbocycles. The Balaban J connectivity index is 2.89. The molecule has 0 unspecified atom stereocenters. The van der Waals surface area contributed by atoms with E-state index in [2.05, 4.69) is 21.3 Å². The third-order valence-electron chi connectivity index (χ3n) is 2.81. The summed E-state index contributed by atoms with van der Waals surface area (Å²) in [5.41, 5.74) is 0. The Morgan fingerprint density at radius 3 is 1.35 bits per heavy atom. The highest BCUT2D eigenvalue weighted by Crippen LogP contribution is 2.22. The first-order valence-corrected chi connectivity index (χ1v) is 10.4. The third-order valence-corrected chi connectivity index (χ3v) is 5.38. The molecule has 0 radical (unpaired) electrons. The highest BCUT2D eigenvalue weighted by atomic mass is 33.1. The van der Waals surface area contributed by atoms with Gasteiger partial charge in [0.25, 0.3) is 0 Å². The zero-order valence-electron chi connectivity index (χ0n) is 13.3. The summed E-state index contributed by atoms with van der Waals surface area (Å²) in [7, 11) is 8.05. The van der Waals surface area contributed by atoms with Crippen LogP contribution in [0.3, 0.4) is 0 Å². The first kappa shape index (κ1) is 20.5. The minimum Gasteiger partial charge on any atom is -0.320 e. The molecule has 0 spiro atoms. The highest BCUT2D eigenvalue weighted by Gasteiger charge is 1.93. The summed E-state index contributed by atoms with van der Waals surface area (Å²) >= 11 is 0. The van der Waals surface area contributed by atoms with Crippen molar-refractivity contribution in [3.8, 4) is 0 Å². The van der Waals surface area contributed by atoms with E-state index < -0.39 is 0 Å². The molecule has 4 N–H and O–H groups in total. The van der Waals surface area contributed by atoms with Gasteiger partial charge in [-0.05, 0) is 79.0 Å². The SMILES string of the molecule is CNCCCNCCCSSCCCNCCCNC. The average molecular weight is 323 g/mol. The fourth-order valence-corrected chi connectivity index (χ4v) is 3.83. The van der Waals surface area contributed by atoms with Crippen LogP contribution in [0.15, 0.2) is 0 Å². The molecule has 0 fully saturated rings. The van der Waals surface area contributed by atoms with E-state index in [4.69, 9.17) is 0 Å². The van der Waals surface area contributed by atoms with Gasteiger partial charge in [-0.25, -0.2) is 0 Å². The van der Waals surface area contributed by atoms with Gasteiger partial charge in [0.2, 0.25) is 0 Å². The van der Waals surface area contributed by atoms with Crippen LogP contribution in [0, 0.1) is 0 Å². The van der Waals surface area contributed by atoms with Gasteiger partial charge in [0.1, 0.15) is 0 Å². The Hall–Kier alpha value is 0.540. The van der Waals surface area contributed by atoms with E-state index in [0.717, 1.165) is 39.3 Å². The lowest BCUT2D eigenvalue weighted by Crippen LogP contribution is -2.21. The van der Waals surface area contributed by atoms with Gasteiger partial charge in [-0.1, -0.05) is 21.6 Å². The normalized spacial score (nSPS) is 11.1. The highest BCUT2D eigenvalue weighted by molar-refractivity contribution is 8.76. The Bertz CT molecular complexity index is 155. The van der Waals surface area contributed by atoms with Gasteiger partial charge in [0.05, 0.1) is 0 Å². The molecule has 0 aromatic rings. The molecule has 0 aliphatic rings. The van der Waals surface area contributed by atoms with Crippen LogP contribution < -0.4 is 21.3 Å². The molecule has 4 nitrogen and oxygen atoms in total. The maximum Gasteiger partial charge on any atom is 0.00490 e. The Labute approximate surface area is 133 Å². The monoisotopic (exact) mass is 322 g/mol. The van der Waals surface area contributed by atoms with E-state index in [-0.39, 0.29) is 0 Å². The Kier molecular flexibility index (Phi) is 20.1. The van der Waals surface area contributed by atoms with Crippen LogP contribution in [0.25, 0.3) is 0 Å². The van der Waals surface area contributed by atoms with Crippen LogP contribution in [0.2, 0.25) is 0 Å². The summed E-state index contributed by atoms with van der Waals surface area (Å²) in [5.74, 6) is 2.53. The zero-order chi connectivity index (χ0) is 14.7. The van der Waals surface area contributed by atoms with Crippen LogP contribution in [0.4, 0.5) is 0 Å². The number of nitrogens with one attached hydrogen (secondary N) is 4. The number of hydrogen-bond acceptors (Lipinski definition) is 6. The van der Waals surface area contributed by atoms with E-state index in [0.29, 0.717) is 0 Å². The summed E-state index contributed by atoms with van der Waals surface area (Å²) in [4.78, 5) is 0. The standard InChI is InChI=1S/C14H34N4S2/c1-15-7-3-9-17-11-5-13-19-20-14-6-12-18-10-4-8-16-2/h15-18H,3-14H2,1-2H3. The van der Waals surface area contributed by atoms with Crippen LogP contribution >= 0.6 is 21.6 Å². The quantitative estimate of drug-likeness (QED) is 0.241. The van der Waals surface area contributed by atoms with E-state index in [9.17, 15) is 0 Å². The first-order chi connectivity index (χ1) is 9.91. The van der Waals surface area contributed by atoms with Crippen LogP contribution in [-0.4, -0.2) is 64.9 Å². The summed E-state index contributed by atoms with van der Waals surface area (Å²) in [6, 6.07) is 0. The molecule has 0 rings (SSSR count). The second kappa shape index (κ2) is 19.5. The molecular formula is C14H34N4S2. The topological polar surface area (TPSA) is 48.1 Å². The molecule has 0 aliphatic heterocycles. The van der Waals surface area contributed by atoms with Crippen molar-refractivity contribution < 1.29 is 0 Å². The molecule has 122 valence electrons. The van der Waals surface area contributed by atoms with Crippen molar-refractivity contribution in [3.05, 3.63) is 0 Å². The van der Waals surface area contributed by atoms with E-state index in [1.165, 1.54) is 37.2 Å². The molecule has 0 bridgehead atoms. The third kappa shape index (κ3) is 18.5. The summed E-state index contributed by atoms with van der Waals surface area (Å²) in [6.45, 7) is 6.81. The molecule has 0 saturated carbocycles. The Morgan fingerprint density at radius 2 is 0.950 bits per heavy atom. The van der Waals surface area contributed by atoms with E-state index in [1.807, 2.05) is 35.7 Å². The van der Waals surface area contributed by atoms with Crippen molar-refractivity contribution in [1.29, 1.82) is 0 Å². The van der Waals surface area contributed by atoms with Crippen molar-refractivity contribution >= 4 is 21.6 Å². The molecule has 20 heavy (non-hydrogen) atoms. The molecular weight excluding hydrogens is 288 g/mol. The average Bonchev–Trinajstić information content (AvgIpc) is 2.47. The van der Waals surface area contributed by atoms with Crippen LogP contribution in [0.1, 0.15) is 25.7 Å². The molecule has 0 aromatic heterocycles. The number of hydrogen-bond donors (Lipinski definition) is 4. The molecule has 0 aliphatic carbocycles. The van der Waals surface area contributed by atoms with Crippen molar-refractivity contribution in [1.82, 2.24) is 21.3 Å². The molecule has 6 heteroatoms. The molecule has 0 heterocycles. The lowest BCUT2D eigenvalue weighted by molar-refractivity contribution is 0.621. The lowest BCUT2D eigenvalue weighted by Gasteiger charge is -2.05.